The largest absolute Gasteiger partial charge is 0.491 e. The first-order chi connectivity index (χ1) is 17.2. The third-order valence-electron chi connectivity index (χ3n) is 5.80. The number of hydrogen-bond acceptors (Lipinski definition) is 5. The maximum atomic E-state index is 12.5. The van der Waals surface area contributed by atoms with Gasteiger partial charge in [0, 0.05) is 11.1 Å². The van der Waals surface area contributed by atoms with Crippen LogP contribution in [0.1, 0.15) is 37.6 Å². The van der Waals surface area contributed by atoms with E-state index in [4.69, 9.17) is 9.47 Å². The Morgan fingerprint density at radius 2 is 1.86 bits per heavy atom. The highest BCUT2D eigenvalue weighted by Crippen LogP contribution is 2.31. The van der Waals surface area contributed by atoms with Gasteiger partial charge >= 0.3 is 6.09 Å². The molecule has 4 rings (SSSR count). The lowest BCUT2D eigenvalue weighted by Gasteiger charge is -2.24. The first-order valence-corrected chi connectivity index (χ1v) is 12.1. The van der Waals surface area contributed by atoms with Crippen molar-refractivity contribution in [2.75, 3.05) is 6.61 Å². The van der Waals surface area contributed by atoms with Crippen LogP contribution < -0.4 is 10.1 Å². The summed E-state index contributed by atoms with van der Waals surface area (Å²) in [7, 11) is 0. The van der Waals surface area contributed by atoms with E-state index in [0.29, 0.717) is 12.2 Å². The number of H-pyrrole nitrogens is 1. The minimum atomic E-state index is -0.592. The van der Waals surface area contributed by atoms with Crippen LogP contribution in [-0.2, 0) is 17.8 Å². The average Bonchev–Trinajstić information content (AvgIpc) is 3.22. The topological polar surface area (TPSA) is 96.5 Å². The van der Waals surface area contributed by atoms with Crippen LogP contribution in [0.5, 0.6) is 5.75 Å². The second-order valence-electron chi connectivity index (χ2n) is 9.90. The van der Waals surface area contributed by atoms with E-state index in [-0.39, 0.29) is 19.3 Å². The number of aromatic nitrogens is 2. The number of nitrogens with one attached hydrogen (secondary N) is 2. The number of nitrogens with zero attached hydrogens (tertiary/aromatic N) is 1. The fourth-order valence-electron chi connectivity index (χ4n) is 4.08. The van der Waals surface area contributed by atoms with Crippen molar-refractivity contribution in [3.63, 3.8) is 0 Å². The van der Waals surface area contributed by atoms with Gasteiger partial charge in [-0.25, -0.2) is 4.79 Å². The van der Waals surface area contributed by atoms with E-state index in [0.717, 1.165) is 38.9 Å². The summed E-state index contributed by atoms with van der Waals surface area (Å²) in [6.45, 7) is 7.66. The standard InChI is InChI=1S/C29H33N3O4/c1-19-25-15-21(11-13-27(25)32-31-19)26-16-24(12-10-22(26)17-33)35-18-23(14-20-8-6-5-7-9-20)30-28(34)36-29(2,3)4/h5-13,15-16,23,33H,14,17-18H2,1-4H3,(H,30,34)(H,31,32). The molecule has 1 amide bonds. The summed E-state index contributed by atoms with van der Waals surface area (Å²) in [5.41, 5.74) is 5.03. The second kappa shape index (κ2) is 10.8. The van der Waals surface area contributed by atoms with Crippen molar-refractivity contribution in [2.45, 2.75) is 52.4 Å². The van der Waals surface area contributed by atoms with Gasteiger partial charge in [-0.3, -0.25) is 5.10 Å². The predicted octanol–water partition coefficient (Wildman–Crippen LogP) is 5.55. The molecule has 4 aromatic rings. The number of hydrogen-bond donors (Lipinski definition) is 3. The Morgan fingerprint density at radius 1 is 1.08 bits per heavy atom. The lowest BCUT2D eigenvalue weighted by atomic mass is 9.98. The highest BCUT2D eigenvalue weighted by atomic mass is 16.6. The first-order valence-electron chi connectivity index (χ1n) is 12.1. The van der Waals surface area contributed by atoms with Crippen molar-refractivity contribution in [1.82, 2.24) is 15.5 Å². The number of aliphatic hydroxyl groups excluding tert-OH is 1. The molecule has 7 heteroatoms. The number of alkyl carbamates (subject to hydrolysis) is 1. The van der Waals surface area contributed by atoms with Crippen LogP contribution in [0.15, 0.2) is 66.7 Å². The van der Waals surface area contributed by atoms with Gasteiger partial charge < -0.3 is 19.9 Å². The molecular weight excluding hydrogens is 454 g/mol. The van der Waals surface area contributed by atoms with Gasteiger partial charge in [-0.2, -0.15) is 5.10 Å². The lowest BCUT2D eigenvalue weighted by Crippen LogP contribution is -2.43. The van der Waals surface area contributed by atoms with Crippen LogP contribution in [0.2, 0.25) is 0 Å². The molecule has 0 saturated carbocycles. The molecule has 7 nitrogen and oxygen atoms in total. The van der Waals surface area contributed by atoms with Crippen LogP contribution in [0.25, 0.3) is 22.0 Å². The molecule has 1 atom stereocenters. The fourth-order valence-corrected chi connectivity index (χ4v) is 4.08. The van der Waals surface area contributed by atoms with Gasteiger partial charge in [-0.1, -0.05) is 42.5 Å². The number of aryl methyl sites for hydroxylation is 1. The van der Waals surface area contributed by atoms with Crippen molar-refractivity contribution >= 4 is 17.0 Å². The molecule has 0 aliphatic heterocycles. The Morgan fingerprint density at radius 3 is 2.58 bits per heavy atom. The van der Waals surface area contributed by atoms with Gasteiger partial charge in [-0.05, 0) is 80.6 Å². The third kappa shape index (κ3) is 6.43. The van der Waals surface area contributed by atoms with E-state index in [1.54, 1.807) is 0 Å². The number of fused-ring (bicyclic) bond motifs is 1. The van der Waals surface area contributed by atoms with Crippen LogP contribution in [0.3, 0.4) is 0 Å². The Kier molecular flexibility index (Phi) is 7.60. The molecule has 36 heavy (non-hydrogen) atoms. The molecule has 188 valence electrons. The highest BCUT2D eigenvalue weighted by molar-refractivity contribution is 5.87. The molecule has 1 heterocycles. The third-order valence-corrected chi connectivity index (χ3v) is 5.80. The maximum absolute atomic E-state index is 12.5. The first kappa shape index (κ1) is 25.3. The predicted molar refractivity (Wildman–Crippen MR) is 141 cm³/mol. The molecule has 0 saturated heterocycles. The fraction of sp³-hybridized carbons (Fsp3) is 0.310. The van der Waals surface area contributed by atoms with E-state index in [2.05, 4.69) is 21.6 Å². The summed E-state index contributed by atoms with van der Waals surface area (Å²) in [4.78, 5) is 12.5. The SMILES string of the molecule is Cc1[nH]nc2ccc(-c3cc(OCC(Cc4ccccc4)NC(=O)OC(C)(C)C)ccc3CO)cc12. The molecule has 0 bridgehead atoms. The van der Waals surface area contributed by atoms with Crippen molar-refractivity contribution in [2.24, 2.45) is 0 Å². The zero-order valence-corrected chi connectivity index (χ0v) is 21.2. The normalized spacial score (nSPS) is 12.4. The molecule has 0 spiro atoms. The Bertz CT molecular complexity index is 1330. The molecule has 3 aromatic carbocycles. The molecule has 0 radical (unpaired) electrons. The zero-order valence-electron chi connectivity index (χ0n) is 21.2. The highest BCUT2D eigenvalue weighted by Gasteiger charge is 2.21. The number of amides is 1. The van der Waals surface area contributed by atoms with Crippen LogP contribution >= 0.6 is 0 Å². The number of aliphatic hydroxyl groups is 1. The van der Waals surface area contributed by atoms with Gasteiger partial charge in [0.15, 0.2) is 0 Å². The minimum absolute atomic E-state index is 0.0884. The number of rotatable bonds is 8. The van der Waals surface area contributed by atoms with Crippen molar-refractivity contribution in [3.8, 4) is 16.9 Å². The Labute approximate surface area is 211 Å². The molecule has 0 aliphatic carbocycles. The van der Waals surface area contributed by atoms with Gasteiger partial charge in [0.05, 0.1) is 18.2 Å². The van der Waals surface area contributed by atoms with Gasteiger partial charge in [0.1, 0.15) is 18.0 Å². The number of carbonyl (C=O) groups is 1. The summed E-state index contributed by atoms with van der Waals surface area (Å²) >= 11 is 0. The summed E-state index contributed by atoms with van der Waals surface area (Å²) < 4.78 is 11.6. The molecule has 0 fully saturated rings. The van der Waals surface area contributed by atoms with E-state index >= 15 is 0 Å². The quantitative estimate of drug-likeness (QED) is 0.303. The van der Waals surface area contributed by atoms with E-state index in [1.807, 2.05) is 88.4 Å². The summed E-state index contributed by atoms with van der Waals surface area (Å²) in [5, 5.41) is 21.2. The van der Waals surface area contributed by atoms with Crippen molar-refractivity contribution in [3.05, 3.63) is 83.6 Å². The van der Waals surface area contributed by atoms with Crippen LogP contribution in [0, 0.1) is 6.92 Å². The van der Waals surface area contributed by atoms with Crippen LogP contribution in [-0.4, -0.2) is 39.6 Å². The Balaban J connectivity index is 1.55. The summed E-state index contributed by atoms with van der Waals surface area (Å²) in [5.74, 6) is 0.648. The summed E-state index contributed by atoms with van der Waals surface area (Å²) in [6, 6.07) is 21.3. The summed E-state index contributed by atoms with van der Waals surface area (Å²) in [6.07, 6.45) is 0.116. The smallest absolute Gasteiger partial charge is 0.408 e. The molecule has 1 unspecified atom stereocenters. The minimum Gasteiger partial charge on any atom is -0.491 e. The van der Waals surface area contributed by atoms with Crippen molar-refractivity contribution in [1.29, 1.82) is 0 Å². The van der Waals surface area contributed by atoms with E-state index < -0.39 is 11.7 Å². The molecular formula is C29H33N3O4. The van der Waals surface area contributed by atoms with Gasteiger partial charge in [-0.15, -0.1) is 0 Å². The molecule has 0 aliphatic rings. The van der Waals surface area contributed by atoms with Gasteiger partial charge in [0.25, 0.3) is 0 Å². The zero-order chi connectivity index (χ0) is 25.7. The number of carbonyl (C=O) groups excluding carboxylic acids is 1. The lowest BCUT2D eigenvalue weighted by molar-refractivity contribution is 0.0487. The van der Waals surface area contributed by atoms with Crippen molar-refractivity contribution < 1.29 is 19.4 Å². The monoisotopic (exact) mass is 487 g/mol. The Hall–Kier alpha value is -3.84. The average molecular weight is 488 g/mol. The number of aromatic amines is 1. The second-order valence-corrected chi connectivity index (χ2v) is 9.90. The maximum Gasteiger partial charge on any atom is 0.408 e. The molecule has 1 aromatic heterocycles. The number of ether oxygens (including phenoxy) is 2. The van der Waals surface area contributed by atoms with E-state index in [9.17, 15) is 9.90 Å². The van der Waals surface area contributed by atoms with Crippen LogP contribution in [0.4, 0.5) is 4.79 Å². The molecule has 3 N–H and O–H groups in total. The van der Waals surface area contributed by atoms with Gasteiger partial charge in [0.2, 0.25) is 0 Å². The number of benzene rings is 3. The van der Waals surface area contributed by atoms with E-state index in [1.165, 1.54) is 0 Å².